The van der Waals surface area contributed by atoms with E-state index in [1.165, 1.54) is 11.1 Å². The first-order valence-corrected chi connectivity index (χ1v) is 6.24. The Kier molecular flexibility index (Phi) is 3.62. The molecule has 2 nitrogen and oxygen atoms in total. The van der Waals surface area contributed by atoms with E-state index in [2.05, 4.69) is 26.0 Å². The molecule has 0 atom stereocenters. The zero-order chi connectivity index (χ0) is 12.3. The van der Waals surface area contributed by atoms with Gasteiger partial charge < -0.3 is 4.90 Å². The molecule has 0 N–H and O–H groups in total. The summed E-state index contributed by atoms with van der Waals surface area (Å²) in [5.74, 6) is 0.222. The molecule has 0 radical (unpaired) electrons. The van der Waals surface area contributed by atoms with Crippen LogP contribution in [0.3, 0.4) is 0 Å². The van der Waals surface area contributed by atoms with Crippen molar-refractivity contribution in [2.45, 2.75) is 33.2 Å². The van der Waals surface area contributed by atoms with E-state index in [-0.39, 0.29) is 5.91 Å². The number of allylic oxidation sites excluding steroid dienone is 1. The molecule has 17 heavy (non-hydrogen) atoms. The first-order chi connectivity index (χ1) is 8.22. The quantitative estimate of drug-likeness (QED) is 0.573. The van der Waals surface area contributed by atoms with Gasteiger partial charge in [0.1, 0.15) is 0 Å². The highest BCUT2D eigenvalue weighted by Gasteiger charge is 2.31. The maximum atomic E-state index is 12.0. The lowest BCUT2D eigenvalue weighted by molar-refractivity contribution is -0.133. The van der Waals surface area contributed by atoms with Gasteiger partial charge in [-0.15, -0.1) is 0 Å². The second kappa shape index (κ2) is 5.17. The predicted octanol–water partition coefficient (Wildman–Crippen LogP) is 3.15. The van der Waals surface area contributed by atoms with E-state index in [1.807, 2.05) is 23.1 Å². The van der Waals surface area contributed by atoms with Crippen LogP contribution in [-0.2, 0) is 11.3 Å². The number of amides is 1. The van der Waals surface area contributed by atoms with E-state index in [9.17, 15) is 4.79 Å². The van der Waals surface area contributed by atoms with E-state index in [0.29, 0.717) is 0 Å². The minimum Gasteiger partial charge on any atom is -0.330 e. The molecule has 1 aliphatic heterocycles. The van der Waals surface area contributed by atoms with Gasteiger partial charge in [0.05, 0.1) is 6.54 Å². The molecule has 0 aromatic heterocycles. The van der Waals surface area contributed by atoms with Crippen LogP contribution < -0.4 is 0 Å². The molecule has 1 aromatic rings. The third kappa shape index (κ3) is 2.57. The summed E-state index contributed by atoms with van der Waals surface area (Å²) in [6, 6.07) is 10.2. The number of nitrogens with zero attached hydrogens (tertiary/aromatic N) is 1. The highest BCUT2D eigenvalue weighted by molar-refractivity contribution is 6.00. The standard InChI is InChI=1S/C15H19NO/c1-3-7-12(2)14-11-16(15(14)17)10-13-8-5-4-6-9-13/h4-6,8-9H,3,7,10-11H2,1-2H3/b14-12-. The zero-order valence-electron chi connectivity index (χ0n) is 10.6. The van der Waals surface area contributed by atoms with Gasteiger partial charge in [0, 0.05) is 12.1 Å². The topological polar surface area (TPSA) is 20.3 Å². The zero-order valence-corrected chi connectivity index (χ0v) is 10.6. The second-order valence-electron chi connectivity index (χ2n) is 4.66. The van der Waals surface area contributed by atoms with Crippen molar-refractivity contribution >= 4 is 5.91 Å². The summed E-state index contributed by atoms with van der Waals surface area (Å²) in [4.78, 5) is 13.9. The van der Waals surface area contributed by atoms with Crippen molar-refractivity contribution < 1.29 is 4.79 Å². The molecule has 1 saturated heterocycles. The van der Waals surface area contributed by atoms with Crippen molar-refractivity contribution in [2.75, 3.05) is 6.54 Å². The minimum atomic E-state index is 0.222. The first kappa shape index (κ1) is 11.9. The van der Waals surface area contributed by atoms with Gasteiger partial charge in [-0.05, 0) is 18.9 Å². The molecule has 0 saturated carbocycles. The Balaban J connectivity index is 1.97. The molecule has 1 amide bonds. The van der Waals surface area contributed by atoms with Crippen LogP contribution in [0.1, 0.15) is 32.3 Å². The van der Waals surface area contributed by atoms with Crippen LogP contribution in [-0.4, -0.2) is 17.4 Å². The molecule has 1 aliphatic rings. The molecule has 0 unspecified atom stereocenters. The maximum absolute atomic E-state index is 12.0. The molecule has 1 aromatic carbocycles. The number of hydrogen-bond acceptors (Lipinski definition) is 1. The van der Waals surface area contributed by atoms with Gasteiger partial charge in [-0.25, -0.2) is 0 Å². The minimum absolute atomic E-state index is 0.222. The molecule has 0 aliphatic carbocycles. The summed E-state index contributed by atoms with van der Waals surface area (Å²) in [5.41, 5.74) is 3.50. The van der Waals surface area contributed by atoms with Crippen LogP contribution in [0.15, 0.2) is 41.5 Å². The Hall–Kier alpha value is -1.57. The highest BCUT2D eigenvalue weighted by atomic mass is 16.2. The Morgan fingerprint density at radius 3 is 2.59 bits per heavy atom. The predicted molar refractivity (Wildman–Crippen MR) is 69.5 cm³/mol. The lowest BCUT2D eigenvalue weighted by atomic mass is 9.97. The maximum Gasteiger partial charge on any atom is 0.252 e. The Labute approximate surface area is 103 Å². The molecular weight excluding hydrogens is 210 g/mol. The molecule has 90 valence electrons. The molecular formula is C15H19NO. The van der Waals surface area contributed by atoms with Crippen LogP contribution >= 0.6 is 0 Å². The fraction of sp³-hybridized carbons (Fsp3) is 0.400. The normalized spacial score (nSPS) is 18.0. The number of rotatable bonds is 4. The van der Waals surface area contributed by atoms with Crippen molar-refractivity contribution in [1.82, 2.24) is 4.90 Å². The van der Waals surface area contributed by atoms with Crippen LogP contribution in [0.5, 0.6) is 0 Å². The monoisotopic (exact) mass is 229 g/mol. The summed E-state index contributed by atoms with van der Waals surface area (Å²) in [5, 5.41) is 0. The fourth-order valence-electron chi connectivity index (χ4n) is 2.20. The molecule has 0 bridgehead atoms. The summed E-state index contributed by atoms with van der Waals surface area (Å²) < 4.78 is 0. The van der Waals surface area contributed by atoms with Crippen molar-refractivity contribution in [3.8, 4) is 0 Å². The number of likely N-dealkylation sites (tertiary alicyclic amines) is 1. The first-order valence-electron chi connectivity index (χ1n) is 6.24. The van der Waals surface area contributed by atoms with Crippen LogP contribution in [0.4, 0.5) is 0 Å². The number of carbonyl (C=O) groups is 1. The second-order valence-corrected chi connectivity index (χ2v) is 4.66. The molecule has 1 fully saturated rings. The number of hydrogen-bond donors (Lipinski definition) is 0. The molecule has 2 heteroatoms. The Morgan fingerprint density at radius 2 is 2.00 bits per heavy atom. The summed E-state index contributed by atoms with van der Waals surface area (Å²) in [7, 11) is 0. The smallest absolute Gasteiger partial charge is 0.252 e. The van der Waals surface area contributed by atoms with Gasteiger partial charge in [0.15, 0.2) is 0 Å². The fourth-order valence-corrected chi connectivity index (χ4v) is 2.20. The molecule has 1 heterocycles. The van der Waals surface area contributed by atoms with Crippen LogP contribution in [0.25, 0.3) is 0 Å². The van der Waals surface area contributed by atoms with Gasteiger partial charge in [-0.2, -0.15) is 0 Å². The van der Waals surface area contributed by atoms with E-state index < -0.39 is 0 Å². The number of benzene rings is 1. The van der Waals surface area contributed by atoms with Crippen molar-refractivity contribution in [2.24, 2.45) is 0 Å². The van der Waals surface area contributed by atoms with Gasteiger partial charge in [-0.3, -0.25) is 4.79 Å². The van der Waals surface area contributed by atoms with Gasteiger partial charge >= 0.3 is 0 Å². The third-order valence-corrected chi connectivity index (χ3v) is 3.25. The van der Waals surface area contributed by atoms with E-state index >= 15 is 0 Å². The lowest BCUT2D eigenvalue weighted by Crippen LogP contribution is -2.46. The number of β-lactam (4-membered cyclic amide) rings is 1. The van der Waals surface area contributed by atoms with E-state index in [4.69, 9.17) is 0 Å². The van der Waals surface area contributed by atoms with Gasteiger partial charge in [-0.1, -0.05) is 49.2 Å². The SMILES string of the molecule is CCC/C(C)=C1/CN(Cc2ccccc2)C1=O. The van der Waals surface area contributed by atoms with Gasteiger partial charge in [0.2, 0.25) is 0 Å². The average Bonchev–Trinajstić information content (AvgIpc) is 2.35. The third-order valence-electron chi connectivity index (χ3n) is 3.25. The molecule has 2 rings (SSSR count). The van der Waals surface area contributed by atoms with Crippen LogP contribution in [0, 0.1) is 0 Å². The van der Waals surface area contributed by atoms with E-state index in [1.54, 1.807) is 0 Å². The van der Waals surface area contributed by atoms with Crippen LogP contribution in [0.2, 0.25) is 0 Å². The van der Waals surface area contributed by atoms with Crippen molar-refractivity contribution in [1.29, 1.82) is 0 Å². The van der Waals surface area contributed by atoms with E-state index in [0.717, 1.165) is 31.5 Å². The largest absolute Gasteiger partial charge is 0.330 e. The summed E-state index contributed by atoms with van der Waals surface area (Å²) in [6.07, 6.45) is 2.15. The van der Waals surface area contributed by atoms with Crippen molar-refractivity contribution in [3.05, 3.63) is 47.0 Å². The Morgan fingerprint density at radius 1 is 1.29 bits per heavy atom. The number of carbonyl (C=O) groups excluding carboxylic acids is 1. The Bertz CT molecular complexity index is 433. The van der Waals surface area contributed by atoms with Crippen molar-refractivity contribution in [3.63, 3.8) is 0 Å². The molecule has 0 spiro atoms. The lowest BCUT2D eigenvalue weighted by Gasteiger charge is -2.35. The summed E-state index contributed by atoms with van der Waals surface area (Å²) in [6.45, 7) is 5.79. The van der Waals surface area contributed by atoms with Gasteiger partial charge in [0.25, 0.3) is 5.91 Å². The summed E-state index contributed by atoms with van der Waals surface area (Å²) >= 11 is 0. The average molecular weight is 229 g/mol. The highest BCUT2D eigenvalue weighted by Crippen LogP contribution is 2.24.